The molecule has 1 aromatic rings. The van der Waals surface area contributed by atoms with E-state index in [1.807, 2.05) is 6.07 Å². The molecule has 2 N–H and O–H groups in total. The van der Waals surface area contributed by atoms with Gasteiger partial charge in [-0.05, 0) is 30.7 Å². The maximum atomic E-state index is 9.42. The lowest BCUT2D eigenvalue weighted by Crippen LogP contribution is -2.33. The molecular weight excluding hydrogens is 210 g/mol. The first-order chi connectivity index (χ1) is 8.38. The normalized spacial score (nSPS) is 18.4. The monoisotopic (exact) mass is 233 g/mol. The van der Waals surface area contributed by atoms with Crippen LogP contribution in [0, 0.1) is 5.92 Å². The minimum absolute atomic E-state index is 0.272. The van der Waals surface area contributed by atoms with Crippen LogP contribution in [0.15, 0.2) is 30.3 Å². The van der Waals surface area contributed by atoms with Gasteiger partial charge in [-0.25, -0.2) is 0 Å². The van der Waals surface area contributed by atoms with Crippen molar-refractivity contribution in [2.24, 2.45) is 5.92 Å². The highest BCUT2D eigenvalue weighted by Crippen LogP contribution is 2.18. The largest absolute Gasteiger partial charge is 0.396 e. The SMILES string of the molecule is OCC(CNC1CCCC1)Cc1ccccc1. The van der Waals surface area contributed by atoms with Crippen LogP contribution in [-0.4, -0.2) is 24.3 Å². The van der Waals surface area contributed by atoms with Gasteiger partial charge in [0.2, 0.25) is 0 Å². The summed E-state index contributed by atoms with van der Waals surface area (Å²) >= 11 is 0. The smallest absolute Gasteiger partial charge is 0.0474 e. The van der Waals surface area contributed by atoms with E-state index >= 15 is 0 Å². The molecule has 0 heterocycles. The van der Waals surface area contributed by atoms with Gasteiger partial charge in [0.15, 0.2) is 0 Å². The van der Waals surface area contributed by atoms with Gasteiger partial charge in [-0.2, -0.15) is 0 Å². The summed E-state index contributed by atoms with van der Waals surface area (Å²) in [5, 5.41) is 13.0. The third kappa shape index (κ3) is 4.14. The van der Waals surface area contributed by atoms with Gasteiger partial charge < -0.3 is 10.4 Å². The molecule has 1 fully saturated rings. The van der Waals surface area contributed by atoms with Crippen molar-refractivity contribution >= 4 is 0 Å². The number of aliphatic hydroxyl groups excluding tert-OH is 1. The Labute approximate surface area is 104 Å². The Bertz CT molecular complexity index is 306. The lowest BCUT2D eigenvalue weighted by Gasteiger charge is -2.18. The van der Waals surface area contributed by atoms with Gasteiger partial charge in [-0.3, -0.25) is 0 Å². The first kappa shape index (κ1) is 12.6. The fraction of sp³-hybridized carbons (Fsp3) is 0.600. The predicted octanol–water partition coefficient (Wildman–Crippen LogP) is 2.37. The molecule has 1 saturated carbocycles. The second-order valence-electron chi connectivity index (χ2n) is 5.13. The van der Waals surface area contributed by atoms with Crippen molar-refractivity contribution in [3.05, 3.63) is 35.9 Å². The summed E-state index contributed by atoms with van der Waals surface area (Å²) in [4.78, 5) is 0. The number of hydrogen-bond acceptors (Lipinski definition) is 2. The lowest BCUT2D eigenvalue weighted by atomic mass is 9.99. The molecule has 0 saturated heterocycles. The van der Waals surface area contributed by atoms with Gasteiger partial charge >= 0.3 is 0 Å². The lowest BCUT2D eigenvalue weighted by molar-refractivity contribution is 0.218. The molecule has 1 aliphatic carbocycles. The summed E-state index contributed by atoms with van der Waals surface area (Å²) in [6.45, 7) is 1.21. The molecule has 1 unspecified atom stereocenters. The summed E-state index contributed by atoms with van der Waals surface area (Å²) < 4.78 is 0. The molecule has 0 amide bonds. The van der Waals surface area contributed by atoms with Crippen LogP contribution in [0.2, 0.25) is 0 Å². The molecule has 17 heavy (non-hydrogen) atoms. The maximum Gasteiger partial charge on any atom is 0.0474 e. The summed E-state index contributed by atoms with van der Waals surface area (Å²) in [7, 11) is 0. The molecule has 2 rings (SSSR count). The second-order valence-corrected chi connectivity index (χ2v) is 5.13. The molecule has 0 radical (unpaired) electrons. The number of hydrogen-bond donors (Lipinski definition) is 2. The Morgan fingerprint density at radius 1 is 1.18 bits per heavy atom. The number of rotatable bonds is 6. The van der Waals surface area contributed by atoms with E-state index in [4.69, 9.17) is 0 Å². The molecule has 94 valence electrons. The van der Waals surface area contributed by atoms with Crippen molar-refractivity contribution in [2.45, 2.75) is 38.1 Å². The first-order valence-corrected chi connectivity index (χ1v) is 6.76. The predicted molar refractivity (Wildman–Crippen MR) is 71.0 cm³/mol. The highest BCUT2D eigenvalue weighted by atomic mass is 16.3. The Kier molecular flexibility index (Phi) is 5.02. The van der Waals surface area contributed by atoms with E-state index in [1.165, 1.54) is 31.2 Å². The Morgan fingerprint density at radius 3 is 2.53 bits per heavy atom. The van der Waals surface area contributed by atoms with Crippen LogP contribution in [0.25, 0.3) is 0 Å². The van der Waals surface area contributed by atoms with Crippen LogP contribution >= 0.6 is 0 Å². The van der Waals surface area contributed by atoms with Crippen LogP contribution in [0.4, 0.5) is 0 Å². The third-order valence-corrected chi connectivity index (χ3v) is 3.68. The van der Waals surface area contributed by atoms with Crippen LogP contribution in [0.1, 0.15) is 31.2 Å². The van der Waals surface area contributed by atoms with Crippen LogP contribution in [0.3, 0.4) is 0 Å². The van der Waals surface area contributed by atoms with Crippen molar-refractivity contribution in [3.63, 3.8) is 0 Å². The molecule has 0 aliphatic heterocycles. The van der Waals surface area contributed by atoms with Gasteiger partial charge in [0.05, 0.1) is 0 Å². The van der Waals surface area contributed by atoms with Crippen LogP contribution in [-0.2, 0) is 6.42 Å². The molecule has 2 heteroatoms. The zero-order valence-electron chi connectivity index (χ0n) is 10.4. The minimum atomic E-state index is 0.272. The summed E-state index contributed by atoms with van der Waals surface area (Å²) in [6, 6.07) is 11.1. The summed E-state index contributed by atoms with van der Waals surface area (Å²) in [5.41, 5.74) is 1.32. The molecular formula is C15H23NO. The van der Waals surface area contributed by atoms with Crippen molar-refractivity contribution in [1.29, 1.82) is 0 Å². The number of aliphatic hydroxyl groups is 1. The van der Waals surface area contributed by atoms with E-state index in [1.54, 1.807) is 0 Å². The molecule has 1 aromatic carbocycles. The van der Waals surface area contributed by atoms with E-state index in [0.717, 1.165) is 13.0 Å². The topological polar surface area (TPSA) is 32.3 Å². The average Bonchev–Trinajstić information content (AvgIpc) is 2.89. The Morgan fingerprint density at radius 2 is 1.88 bits per heavy atom. The van der Waals surface area contributed by atoms with Crippen molar-refractivity contribution < 1.29 is 5.11 Å². The fourth-order valence-electron chi connectivity index (χ4n) is 2.61. The van der Waals surface area contributed by atoms with E-state index in [0.29, 0.717) is 12.0 Å². The molecule has 1 atom stereocenters. The molecule has 0 bridgehead atoms. The van der Waals surface area contributed by atoms with Gasteiger partial charge in [-0.15, -0.1) is 0 Å². The first-order valence-electron chi connectivity index (χ1n) is 6.76. The van der Waals surface area contributed by atoms with Gasteiger partial charge in [0.1, 0.15) is 0 Å². The average molecular weight is 233 g/mol. The van der Waals surface area contributed by atoms with Crippen molar-refractivity contribution in [3.8, 4) is 0 Å². The van der Waals surface area contributed by atoms with E-state index in [-0.39, 0.29) is 6.61 Å². The van der Waals surface area contributed by atoms with E-state index < -0.39 is 0 Å². The minimum Gasteiger partial charge on any atom is -0.396 e. The molecule has 1 aliphatic rings. The fourth-order valence-corrected chi connectivity index (χ4v) is 2.61. The third-order valence-electron chi connectivity index (χ3n) is 3.68. The Balaban J connectivity index is 1.76. The van der Waals surface area contributed by atoms with Crippen LogP contribution < -0.4 is 5.32 Å². The zero-order chi connectivity index (χ0) is 11.9. The van der Waals surface area contributed by atoms with Crippen molar-refractivity contribution in [2.75, 3.05) is 13.2 Å². The highest BCUT2D eigenvalue weighted by molar-refractivity contribution is 5.15. The van der Waals surface area contributed by atoms with Gasteiger partial charge in [-0.1, -0.05) is 43.2 Å². The Hall–Kier alpha value is -0.860. The van der Waals surface area contributed by atoms with Gasteiger partial charge in [0.25, 0.3) is 0 Å². The number of benzene rings is 1. The van der Waals surface area contributed by atoms with Crippen LogP contribution in [0.5, 0.6) is 0 Å². The quantitative estimate of drug-likeness (QED) is 0.790. The standard InChI is InChI=1S/C15H23NO/c17-12-14(10-13-6-2-1-3-7-13)11-16-15-8-4-5-9-15/h1-3,6-7,14-17H,4-5,8-12H2. The maximum absolute atomic E-state index is 9.42. The highest BCUT2D eigenvalue weighted by Gasteiger charge is 2.16. The zero-order valence-corrected chi connectivity index (χ0v) is 10.4. The molecule has 0 aromatic heterocycles. The van der Waals surface area contributed by atoms with E-state index in [9.17, 15) is 5.11 Å². The van der Waals surface area contributed by atoms with Crippen molar-refractivity contribution in [1.82, 2.24) is 5.32 Å². The van der Waals surface area contributed by atoms with E-state index in [2.05, 4.69) is 29.6 Å². The second kappa shape index (κ2) is 6.77. The number of nitrogens with one attached hydrogen (secondary N) is 1. The van der Waals surface area contributed by atoms with Gasteiger partial charge in [0, 0.05) is 19.2 Å². The summed E-state index contributed by atoms with van der Waals surface area (Å²) in [5.74, 6) is 0.345. The molecule has 0 spiro atoms. The summed E-state index contributed by atoms with van der Waals surface area (Å²) in [6.07, 6.45) is 6.31. The molecule has 2 nitrogen and oxygen atoms in total.